The molecule has 3 heterocycles. The van der Waals surface area contributed by atoms with E-state index in [1.54, 1.807) is 20.3 Å². The van der Waals surface area contributed by atoms with Crippen molar-refractivity contribution in [3.05, 3.63) is 59.7 Å². The number of benzene rings is 2. The number of hydrogen-bond donors (Lipinski definition) is 0. The maximum atomic E-state index is 13.8. The fourth-order valence-electron chi connectivity index (χ4n) is 4.87. The second-order valence-corrected chi connectivity index (χ2v) is 9.18. The van der Waals surface area contributed by atoms with Crippen molar-refractivity contribution in [2.24, 2.45) is 0 Å². The van der Waals surface area contributed by atoms with E-state index in [1.807, 2.05) is 41.3 Å². The second-order valence-electron chi connectivity index (χ2n) is 9.18. The van der Waals surface area contributed by atoms with Gasteiger partial charge in [-0.25, -0.2) is 4.98 Å². The standard InChI is InChI=1S/C28H33N3O5/c1-33-23-6-3-5-21(16-23)28(32)31(19-25-7-4-12-36-25)18-22-15-20-8-9-24(34-2)17-26(20)29-27(22)30-10-13-35-14-11-30/h3,5-6,8-9,15-17,25H,4,7,10-14,18-19H2,1-2H3/t25-/m0/s1. The summed E-state index contributed by atoms with van der Waals surface area (Å²) in [4.78, 5) is 23.0. The lowest BCUT2D eigenvalue weighted by Gasteiger charge is -2.32. The molecular weight excluding hydrogens is 458 g/mol. The highest BCUT2D eigenvalue weighted by atomic mass is 16.5. The lowest BCUT2D eigenvalue weighted by atomic mass is 10.1. The monoisotopic (exact) mass is 491 g/mol. The van der Waals surface area contributed by atoms with Gasteiger partial charge in [0.2, 0.25) is 0 Å². The minimum Gasteiger partial charge on any atom is -0.497 e. The molecule has 1 amide bonds. The molecular formula is C28H33N3O5. The maximum absolute atomic E-state index is 13.8. The van der Waals surface area contributed by atoms with Crippen molar-refractivity contribution in [2.75, 3.05) is 58.6 Å². The number of carbonyl (C=O) groups is 1. The highest BCUT2D eigenvalue weighted by Crippen LogP contribution is 2.29. The summed E-state index contributed by atoms with van der Waals surface area (Å²) in [6.45, 7) is 4.51. The van der Waals surface area contributed by atoms with E-state index in [4.69, 9.17) is 23.9 Å². The summed E-state index contributed by atoms with van der Waals surface area (Å²) in [5.74, 6) is 2.26. The van der Waals surface area contributed by atoms with Gasteiger partial charge in [-0.3, -0.25) is 4.79 Å². The average molecular weight is 492 g/mol. The van der Waals surface area contributed by atoms with Gasteiger partial charge >= 0.3 is 0 Å². The van der Waals surface area contributed by atoms with E-state index in [0.29, 0.717) is 37.6 Å². The number of hydrogen-bond acceptors (Lipinski definition) is 7. The van der Waals surface area contributed by atoms with Crippen LogP contribution in [0.5, 0.6) is 11.5 Å². The Bertz CT molecular complexity index is 1210. The number of amides is 1. The van der Waals surface area contributed by atoms with E-state index in [1.165, 1.54) is 0 Å². The Balaban J connectivity index is 1.53. The fourth-order valence-corrected chi connectivity index (χ4v) is 4.87. The van der Waals surface area contributed by atoms with E-state index < -0.39 is 0 Å². The van der Waals surface area contributed by atoms with Gasteiger partial charge in [0.15, 0.2) is 0 Å². The number of anilines is 1. The van der Waals surface area contributed by atoms with Gasteiger partial charge in [0, 0.05) is 55.4 Å². The van der Waals surface area contributed by atoms with Crippen LogP contribution in [0, 0.1) is 0 Å². The highest BCUT2D eigenvalue weighted by molar-refractivity contribution is 5.95. The topological polar surface area (TPSA) is 73.4 Å². The number of aromatic nitrogens is 1. The van der Waals surface area contributed by atoms with Crippen LogP contribution in [0.1, 0.15) is 28.8 Å². The van der Waals surface area contributed by atoms with Gasteiger partial charge in [-0.1, -0.05) is 6.07 Å². The second kappa shape index (κ2) is 11.1. The smallest absolute Gasteiger partial charge is 0.254 e. The molecule has 0 bridgehead atoms. The fraction of sp³-hybridized carbons (Fsp3) is 0.429. The summed E-state index contributed by atoms with van der Waals surface area (Å²) in [7, 11) is 3.27. The molecule has 5 rings (SSSR count). The average Bonchev–Trinajstić information content (AvgIpc) is 3.45. The molecule has 0 N–H and O–H groups in total. The number of carbonyl (C=O) groups excluding carboxylic acids is 1. The molecule has 2 fully saturated rings. The first-order chi connectivity index (χ1) is 17.6. The Kier molecular flexibility index (Phi) is 7.53. The number of fused-ring (bicyclic) bond motifs is 1. The van der Waals surface area contributed by atoms with Crippen molar-refractivity contribution >= 4 is 22.6 Å². The largest absolute Gasteiger partial charge is 0.497 e. The summed E-state index contributed by atoms with van der Waals surface area (Å²) < 4.78 is 22.3. The third-order valence-corrected chi connectivity index (χ3v) is 6.80. The molecule has 2 aliphatic heterocycles. The first-order valence-corrected chi connectivity index (χ1v) is 12.5. The number of rotatable bonds is 8. The minimum absolute atomic E-state index is 0.0315. The molecule has 0 unspecified atom stereocenters. The minimum atomic E-state index is -0.0489. The van der Waals surface area contributed by atoms with Crippen LogP contribution >= 0.6 is 0 Å². The van der Waals surface area contributed by atoms with Crippen LogP contribution < -0.4 is 14.4 Å². The molecule has 1 aromatic heterocycles. The first kappa shape index (κ1) is 24.3. The molecule has 2 aromatic carbocycles. The highest BCUT2D eigenvalue weighted by Gasteiger charge is 2.26. The van der Waals surface area contributed by atoms with Gasteiger partial charge in [0.1, 0.15) is 17.3 Å². The zero-order valence-electron chi connectivity index (χ0n) is 20.9. The molecule has 8 heteroatoms. The predicted octanol–water partition coefficient (Wildman–Crippen LogP) is 3.91. The predicted molar refractivity (Wildman–Crippen MR) is 138 cm³/mol. The molecule has 1 atom stereocenters. The van der Waals surface area contributed by atoms with Crippen molar-refractivity contribution in [2.45, 2.75) is 25.5 Å². The van der Waals surface area contributed by atoms with Crippen LogP contribution in [-0.4, -0.2) is 75.6 Å². The maximum Gasteiger partial charge on any atom is 0.254 e. The van der Waals surface area contributed by atoms with E-state index in [9.17, 15) is 4.79 Å². The van der Waals surface area contributed by atoms with Crippen LogP contribution in [0.3, 0.4) is 0 Å². The summed E-state index contributed by atoms with van der Waals surface area (Å²) >= 11 is 0. The van der Waals surface area contributed by atoms with Gasteiger partial charge in [-0.15, -0.1) is 0 Å². The number of pyridine rings is 1. The zero-order valence-corrected chi connectivity index (χ0v) is 20.9. The van der Waals surface area contributed by atoms with Crippen LogP contribution in [-0.2, 0) is 16.0 Å². The molecule has 190 valence electrons. The van der Waals surface area contributed by atoms with Crippen LogP contribution in [0.15, 0.2) is 48.5 Å². The Morgan fingerprint density at radius 2 is 1.86 bits per heavy atom. The molecule has 0 aliphatic carbocycles. The van der Waals surface area contributed by atoms with Crippen LogP contribution in [0.4, 0.5) is 5.82 Å². The lowest BCUT2D eigenvalue weighted by molar-refractivity contribution is 0.0507. The molecule has 3 aromatic rings. The van der Waals surface area contributed by atoms with Crippen molar-refractivity contribution in [1.29, 1.82) is 0 Å². The Hall–Kier alpha value is -3.36. The zero-order chi connectivity index (χ0) is 24.9. The first-order valence-electron chi connectivity index (χ1n) is 12.5. The summed E-state index contributed by atoms with van der Waals surface area (Å²) in [5.41, 5.74) is 2.46. The van der Waals surface area contributed by atoms with Gasteiger partial charge < -0.3 is 28.7 Å². The van der Waals surface area contributed by atoms with Crippen molar-refractivity contribution in [3.8, 4) is 11.5 Å². The van der Waals surface area contributed by atoms with Crippen molar-refractivity contribution < 1.29 is 23.7 Å². The Morgan fingerprint density at radius 1 is 1.06 bits per heavy atom. The molecule has 0 spiro atoms. The molecule has 2 saturated heterocycles. The third-order valence-electron chi connectivity index (χ3n) is 6.80. The third kappa shape index (κ3) is 5.39. The van der Waals surface area contributed by atoms with Crippen molar-refractivity contribution in [1.82, 2.24) is 9.88 Å². The Labute approximate surface area is 211 Å². The molecule has 0 saturated carbocycles. The Morgan fingerprint density at radius 3 is 2.61 bits per heavy atom. The van der Waals surface area contributed by atoms with E-state index >= 15 is 0 Å². The normalized spacial score (nSPS) is 17.8. The summed E-state index contributed by atoms with van der Waals surface area (Å²) in [6, 6.07) is 15.4. The van der Waals surface area contributed by atoms with Gasteiger partial charge in [0.05, 0.1) is 39.1 Å². The van der Waals surface area contributed by atoms with E-state index in [0.717, 1.165) is 60.6 Å². The number of morpholine rings is 1. The summed E-state index contributed by atoms with van der Waals surface area (Å²) in [6.07, 6.45) is 2.00. The van der Waals surface area contributed by atoms with Gasteiger partial charge in [-0.05, 0) is 49.2 Å². The number of ether oxygens (including phenoxy) is 4. The van der Waals surface area contributed by atoms with E-state index in [-0.39, 0.29) is 12.0 Å². The molecule has 0 radical (unpaired) electrons. The van der Waals surface area contributed by atoms with Crippen LogP contribution in [0.25, 0.3) is 10.9 Å². The lowest BCUT2D eigenvalue weighted by Crippen LogP contribution is -2.40. The summed E-state index contributed by atoms with van der Waals surface area (Å²) in [5, 5.41) is 1.01. The molecule has 2 aliphatic rings. The number of nitrogens with zero attached hydrogens (tertiary/aromatic N) is 3. The number of methoxy groups -OCH3 is 2. The van der Waals surface area contributed by atoms with Gasteiger partial charge in [-0.2, -0.15) is 0 Å². The van der Waals surface area contributed by atoms with Crippen molar-refractivity contribution in [3.63, 3.8) is 0 Å². The van der Waals surface area contributed by atoms with Crippen LogP contribution in [0.2, 0.25) is 0 Å². The molecule has 8 nitrogen and oxygen atoms in total. The molecule has 36 heavy (non-hydrogen) atoms. The van der Waals surface area contributed by atoms with E-state index in [2.05, 4.69) is 11.0 Å². The SMILES string of the molecule is COc1cccc(C(=O)N(Cc2cc3ccc(OC)cc3nc2N2CCOCC2)C[C@@H]2CCCO2)c1. The van der Waals surface area contributed by atoms with Gasteiger partial charge in [0.25, 0.3) is 5.91 Å². The quantitative estimate of drug-likeness (QED) is 0.473.